The molecule has 0 aromatic heterocycles. The maximum atomic E-state index is 9.41. The first kappa shape index (κ1) is 11.8. The summed E-state index contributed by atoms with van der Waals surface area (Å²) in [4.78, 5) is 0. The Kier molecular flexibility index (Phi) is 4.24. The minimum atomic E-state index is -1.36. The van der Waals surface area contributed by atoms with E-state index in [1.807, 2.05) is 0 Å². The van der Waals surface area contributed by atoms with Gasteiger partial charge in [-0.15, -0.1) is 0 Å². The Hall–Kier alpha value is -0.240. The molecule has 0 aromatic rings. The Labute approximate surface area is 81.7 Å². The van der Waals surface area contributed by atoms with Gasteiger partial charge in [0, 0.05) is 6.61 Å². The van der Waals surface area contributed by atoms with Crippen LogP contribution >= 0.6 is 0 Å². The Balaban J connectivity index is 2.63. The van der Waals surface area contributed by atoms with Crippen molar-refractivity contribution in [3.8, 4) is 0 Å². The van der Waals surface area contributed by atoms with E-state index in [4.69, 9.17) is 14.6 Å². The lowest BCUT2D eigenvalue weighted by Gasteiger charge is -2.39. The monoisotopic (exact) mass is 208 g/mol. The molecule has 1 aliphatic rings. The molecule has 0 unspecified atom stereocenters. The van der Waals surface area contributed by atoms with Crippen molar-refractivity contribution < 1.29 is 29.9 Å². The second-order valence-corrected chi connectivity index (χ2v) is 3.15. The van der Waals surface area contributed by atoms with Gasteiger partial charge < -0.3 is 29.9 Å². The highest BCUT2D eigenvalue weighted by atomic mass is 16.7. The van der Waals surface area contributed by atoms with Gasteiger partial charge in [-0.25, -0.2) is 0 Å². The normalized spacial score (nSPS) is 43.9. The van der Waals surface area contributed by atoms with Gasteiger partial charge in [0.05, 0.1) is 6.61 Å². The summed E-state index contributed by atoms with van der Waals surface area (Å²) in [6.45, 7) is 1.58. The van der Waals surface area contributed by atoms with Gasteiger partial charge >= 0.3 is 0 Å². The zero-order chi connectivity index (χ0) is 10.7. The average molecular weight is 208 g/mol. The lowest BCUT2D eigenvalue weighted by Crippen LogP contribution is -2.59. The first-order valence-electron chi connectivity index (χ1n) is 4.54. The summed E-state index contributed by atoms with van der Waals surface area (Å²) in [6.07, 6.45) is -5.89. The lowest BCUT2D eigenvalue weighted by molar-refractivity contribution is -0.300. The van der Waals surface area contributed by atoms with Crippen LogP contribution in [-0.4, -0.2) is 64.3 Å². The summed E-state index contributed by atoms with van der Waals surface area (Å²) >= 11 is 0. The molecule has 1 aliphatic heterocycles. The highest BCUT2D eigenvalue weighted by Crippen LogP contribution is 2.21. The predicted molar refractivity (Wildman–Crippen MR) is 45.4 cm³/mol. The number of ether oxygens (including phenoxy) is 2. The van der Waals surface area contributed by atoms with Gasteiger partial charge in [0.15, 0.2) is 6.29 Å². The molecule has 6 nitrogen and oxygen atoms in total. The molecule has 6 heteroatoms. The summed E-state index contributed by atoms with van der Waals surface area (Å²) in [7, 11) is 0. The van der Waals surface area contributed by atoms with E-state index in [1.165, 1.54) is 0 Å². The predicted octanol–water partition coefficient (Wildman–Crippen LogP) is -2.18. The maximum absolute atomic E-state index is 9.41. The topological polar surface area (TPSA) is 99.4 Å². The Morgan fingerprint density at radius 3 is 2.29 bits per heavy atom. The molecule has 1 heterocycles. The minimum absolute atomic E-state index is 0.308. The van der Waals surface area contributed by atoms with E-state index >= 15 is 0 Å². The van der Waals surface area contributed by atoms with E-state index in [-0.39, 0.29) is 0 Å². The van der Waals surface area contributed by atoms with Crippen molar-refractivity contribution in [1.82, 2.24) is 0 Å². The summed E-state index contributed by atoms with van der Waals surface area (Å²) in [5.41, 5.74) is 0. The maximum Gasteiger partial charge on any atom is 0.186 e. The zero-order valence-electron chi connectivity index (χ0n) is 7.91. The quantitative estimate of drug-likeness (QED) is 0.421. The Morgan fingerprint density at radius 1 is 1.14 bits per heavy atom. The summed E-state index contributed by atoms with van der Waals surface area (Å²) < 4.78 is 10.0. The second-order valence-electron chi connectivity index (χ2n) is 3.15. The van der Waals surface area contributed by atoms with Gasteiger partial charge in [0.1, 0.15) is 24.4 Å². The van der Waals surface area contributed by atoms with Crippen LogP contribution in [0.25, 0.3) is 0 Å². The largest absolute Gasteiger partial charge is 0.394 e. The molecule has 14 heavy (non-hydrogen) atoms. The van der Waals surface area contributed by atoms with Crippen LogP contribution in [0.2, 0.25) is 0 Å². The number of aliphatic hydroxyl groups is 4. The Morgan fingerprint density at radius 2 is 1.79 bits per heavy atom. The van der Waals surface area contributed by atoms with Gasteiger partial charge in [-0.05, 0) is 6.92 Å². The summed E-state index contributed by atoms with van der Waals surface area (Å²) in [5.74, 6) is 0. The molecule has 0 saturated carbocycles. The van der Waals surface area contributed by atoms with E-state index in [0.29, 0.717) is 6.61 Å². The molecule has 84 valence electrons. The van der Waals surface area contributed by atoms with Gasteiger partial charge in [0.2, 0.25) is 0 Å². The standard InChI is InChI=1S/C8H16O6/c1-2-13-8-7(12)6(11)5(10)4(3-9)14-8/h4-12H,2-3H2,1H3/t4-,5-,6+,7-,8-/m0/s1. The van der Waals surface area contributed by atoms with Crippen LogP contribution in [0.15, 0.2) is 0 Å². The minimum Gasteiger partial charge on any atom is -0.394 e. The van der Waals surface area contributed by atoms with Crippen molar-refractivity contribution in [2.45, 2.75) is 37.6 Å². The molecular formula is C8H16O6. The molecule has 0 radical (unpaired) electrons. The lowest BCUT2D eigenvalue weighted by atomic mass is 9.99. The third-order valence-corrected chi connectivity index (χ3v) is 2.18. The molecule has 0 aliphatic carbocycles. The van der Waals surface area contributed by atoms with E-state index in [0.717, 1.165) is 0 Å². The molecule has 0 aromatic carbocycles. The fraction of sp³-hybridized carbons (Fsp3) is 1.00. The van der Waals surface area contributed by atoms with Gasteiger partial charge in [0.25, 0.3) is 0 Å². The molecule has 5 atom stereocenters. The molecule has 1 saturated heterocycles. The fourth-order valence-electron chi connectivity index (χ4n) is 1.37. The van der Waals surface area contributed by atoms with E-state index < -0.39 is 37.3 Å². The molecule has 0 bridgehead atoms. The highest BCUT2D eigenvalue weighted by molar-refractivity contribution is 4.88. The van der Waals surface area contributed by atoms with Crippen LogP contribution in [0.5, 0.6) is 0 Å². The van der Waals surface area contributed by atoms with Crippen LogP contribution in [0.4, 0.5) is 0 Å². The van der Waals surface area contributed by atoms with Gasteiger partial charge in [-0.3, -0.25) is 0 Å². The number of aliphatic hydroxyl groups excluding tert-OH is 4. The third kappa shape index (κ3) is 2.22. The van der Waals surface area contributed by atoms with Crippen molar-refractivity contribution in [2.24, 2.45) is 0 Å². The molecule has 0 spiro atoms. The second kappa shape index (κ2) is 5.01. The third-order valence-electron chi connectivity index (χ3n) is 2.18. The van der Waals surface area contributed by atoms with Gasteiger partial charge in [-0.1, -0.05) is 0 Å². The van der Waals surface area contributed by atoms with Crippen LogP contribution in [0.3, 0.4) is 0 Å². The van der Waals surface area contributed by atoms with Gasteiger partial charge in [-0.2, -0.15) is 0 Å². The van der Waals surface area contributed by atoms with Crippen molar-refractivity contribution in [3.63, 3.8) is 0 Å². The molecule has 1 rings (SSSR count). The SMILES string of the molecule is CCO[C@H]1O[C@@H](CO)[C@H](O)[C@@H](O)[C@@H]1O. The first-order chi connectivity index (χ1) is 6.61. The molecular weight excluding hydrogens is 192 g/mol. The molecule has 0 amide bonds. The number of hydrogen-bond donors (Lipinski definition) is 4. The highest BCUT2D eigenvalue weighted by Gasteiger charge is 2.43. The average Bonchev–Trinajstić information content (AvgIpc) is 2.19. The van der Waals surface area contributed by atoms with E-state index in [1.54, 1.807) is 6.92 Å². The van der Waals surface area contributed by atoms with Crippen molar-refractivity contribution in [1.29, 1.82) is 0 Å². The van der Waals surface area contributed by atoms with Crippen LogP contribution in [-0.2, 0) is 9.47 Å². The Bertz CT molecular complexity index is 171. The van der Waals surface area contributed by atoms with Crippen LogP contribution < -0.4 is 0 Å². The zero-order valence-corrected chi connectivity index (χ0v) is 7.91. The summed E-state index contributed by atoms with van der Waals surface area (Å²) in [6, 6.07) is 0. The van der Waals surface area contributed by atoms with E-state index in [2.05, 4.69) is 0 Å². The summed E-state index contributed by atoms with van der Waals surface area (Å²) in [5, 5.41) is 36.9. The van der Waals surface area contributed by atoms with Crippen molar-refractivity contribution >= 4 is 0 Å². The molecule has 1 fully saturated rings. The van der Waals surface area contributed by atoms with E-state index in [9.17, 15) is 15.3 Å². The number of hydrogen-bond acceptors (Lipinski definition) is 6. The fourth-order valence-corrected chi connectivity index (χ4v) is 1.37. The van der Waals surface area contributed by atoms with Crippen LogP contribution in [0, 0.1) is 0 Å². The van der Waals surface area contributed by atoms with Crippen LogP contribution in [0.1, 0.15) is 6.92 Å². The molecule has 4 N–H and O–H groups in total. The first-order valence-corrected chi connectivity index (χ1v) is 4.54. The van der Waals surface area contributed by atoms with Crippen molar-refractivity contribution in [2.75, 3.05) is 13.2 Å². The van der Waals surface area contributed by atoms with Crippen molar-refractivity contribution in [3.05, 3.63) is 0 Å². The number of rotatable bonds is 3. The smallest absolute Gasteiger partial charge is 0.186 e.